The monoisotopic (exact) mass is 1040 g/mol. The summed E-state index contributed by atoms with van der Waals surface area (Å²) in [5.41, 5.74) is 21.1. The molecule has 6 heteroatoms. The van der Waals surface area contributed by atoms with Crippen molar-refractivity contribution in [2.75, 3.05) is 0 Å². The molecule has 0 radical (unpaired) electrons. The zero-order valence-corrected chi connectivity index (χ0v) is 41.2. The fraction of sp³-hybridized carbons (Fsp3) is 0.167. The number of fused-ring (bicyclic) bond motifs is 6. The molecule has 0 aliphatic carbocycles. The van der Waals surface area contributed by atoms with Gasteiger partial charge < -0.3 is 9.13 Å². The van der Waals surface area contributed by atoms with Gasteiger partial charge in [0.25, 0.3) is 0 Å². The van der Waals surface area contributed by atoms with Crippen LogP contribution in [-0.2, 0) is 26.5 Å². The van der Waals surface area contributed by atoms with Crippen LogP contribution in [0.2, 0.25) is 0 Å². The van der Waals surface area contributed by atoms with Gasteiger partial charge in [-0.1, -0.05) is 140 Å². The summed E-state index contributed by atoms with van der Waals surface area (Å²) in [6.07, 6.45) is 1.93. The molecular weight excluding hydrogens is 986 g/mol. The van der Waals surface area contributed by atoms with Crippen LogP contribution < -0.4 is 0 Å². The Morgan fingerprint density at radius 2 is 1.00 bits per heavy atom. The number of aromatic nitrogens is 5. The second-order valence-electron chi connectivity index (χ2n) is 19.0. The molecule has 0 aliphatic heterocycles. The molecule has 0 aliphatic rings. The molecule has 0 saturated heterocycles. The molecule has 0 atom stereocenters. The quantitative estimate of drug-likeness (QED) is 0.156. The molecule has 11 aromatic rings. The Morgan fingerprint density at radius 1 is 0.485 bits per heavy atom. The summed E-state index contributed by atoms with van der Waals surface area (Å²) in [5, 5.41) is 10.2. The van der Waals surface area contributed by atoms with Gasteiger partial charge in [-0.3, -0.25) is 4.68 Å². The number of hydrogen-bond donors (Lipinski definition) is 0. The van der Waals surface area contributed by atoms with Crippen molar-refractivity contribution in [3.05, 3.63) is 197 Å². The smallest absolute Gasteiger partial charge is 0.358 e. The minimum Gasteiger partial charge on any atom is -0.358 e. The number of aryl methyl sites for hydroxylation is 6. The maximum absolute atomic E-state index is 5.67. The third-order valence-electron chi connectivity index (χ3n) is 13.2. The average molecular weight is 1040 g/mol. The summed E-state index contributed by atoms with van der Waals surface area (Å²) < 4.78 is 6.77. The van der Waals surface area contributed by atoms with E-state index < -0.39 is 0 Å². The molecule has 0 unspecified atom stereocenters. The predicted molar refractivity (Wildman–Crippen MR) is 271 cm³/mol. The number of nitrogens with zero attached hydrogens (tertiary/aromatic N) is 5. The van der Waals surface area contributed by atoms with Crippen LogP contribution in [0.4, 0.5) is 0 Å². The third kappa shape index (κ3) is 6.95. The van der Waals surface area contributed by atoms with Gasteiger partial charge in [0.2, 0.25) is 0 Å². The van der Waals surface area contributed by atoms with Crippen molar-refractivity contribution in [1.29, 1.82) is 0 Å². The molecule has 5 nitrogen and oxygen atoms in total. The van der Waals surface area contributed by atoms with E-state index in [0.717, 1.165) is 77.9 Å². The van der Waals surface area contributed by atoms with Crippen molar-refractivity contribution in [1.82, 2.24) is 23.9 Å². The first kappa shape index (κ1) is 43.1. The summed E-state index contributed by atoms with van der Waals surface area (Å²) in [7, 11) is 0. The van der Waals surface area contributed by atoms with Crippen LogP contribution >= 0.6 is 0 Å². The Labute approximate surface area is 401 Å². The molecule has 0 fully saturated rings. The van der Waals surface area contributed by atoms with E-state index in [1.807, 2.05) is 6.20 Å². The fourth-order valence-corrected chi connectivity index (χ4v) is 10.5. The van der Waals surface area contributed by atoms with Crippen LogP contribution in [0.5, 0.6) is 0 Å². The van der Waals surface area contributed by atoms with Crippen LogP contribution in [0, 0.1) is 53.7 Å². The first-order chi connectivity index (χ1) is 31.4. The van der Waals surface area contributed by atoms with E-state index in [4.69, 9.17) is 10.1 Å². The topological polar surface area (TPSA) is 40.6 Å². The van der Waals surface area contributed by atoms with E-state index >= 15 is 0 Å². The number of pyridine rings is 1. The van der Waals surface area contributed by atoms with Gasteiger partial charge in [-0.2, -0.15) is 17.2 Å². The molecule has 11 rings (SSSR count). The summed E-state index contributed by atoms with van der Waals surface area (Å²) >= 11 is 0. The molecule has 0 spiro atoms. The van der Waals surface area contributed by atoms with Gasteiger partial charge in [0.15, 0.2) is 0 Å². The van der Waals surface area contributed by atoms with Crippen molar-refractivity contribution in [3.63, 3.8) is 0 Å². The Bertz CT molecular complexity index is 3660. The average Bonchev–Trinajstić information content (AvgIpc) is 3.93. The summed E-state index contributed by atoms with van der Waals surface area (Å²) in [6, 6.07) is 58.3. The molecule has 326 valence electrons. The molecule has 0 saturated carbocycles. The minimum absolute atomic E-state index is 0. The normalized spacial score (nSPS) is 11.9. The van der Waals surface area contributed by atoms with E-state index in [9.17, 15) is 0 Å². The third-order valence-corrected chi connectivity index (χ3v) is 13.2. The number of rotatable bonds is 6. The van der Waals surface area contributed by atoms with Crippen LogP contribution in [0.25, 0.3) is 94.4 Å². The first-order valence-electron chi connectivity index (χ1n) is 22.6. The van der Waals surface area contributed by atoms with Crippen LogP contribution in [-0.4, -0.2) is 23.9 Å². The van der Waals surface area contributed by atoms with Crippen molar-refractivity contribution >= 4 is 43.6 Å². The van der Waals surface area contributed by atoms with Crippen LogP contribution in [0.3, 0.4) is 0 Å². The number of para-hydroxylation sites is 2. The molecule has 0 amide bonds. The molecule has 4 aromatic heterocycles. The molecule has 0 bridgehead atoms. The largest absolute Gasteiger partial charge is 2.00 e. The SMILES string of the molecule is Cc1cc(C)c(-c2c(-c3ccccc3)nn(-c3[c-]c4c(cc3)c3ccccc3n4-c3[c-]c4c(cc3)c3ccccc3n4-c3cc(C(C)(C)C)ccn3)c2-c2c(C)cc(C)cc2C)c(C)c1.[Pt+2]. The van der Waals surface area contributed by atoms with Crippen molar-refractivity contribution < 1.29 is 21.1 Å². The maximum atomic E-state index is 5.67. The zero-order chi connectivity index (χ0) is 44.9. The standard InChI is InChI=1S/C60H51N5.Pt/c1-36-29-38(3)55(39(4)30-36)57-58(42-17-11-10-12-18-42)62-65(59(57)56-40(5)31-37(2)32-41(56)6)45-24-26-48-46-19-13-15-21-50(46)63(52(48)35-45)44-23-25-49-47-20-14-16-22-51(47)64(53(49)34-44)54-33-43(27-28-61-54)60(7,8)9;/h10-33H,1-9H3;/q-2;+2. The Balaban J connectivity index is 0.00000511. The van der Waals surface area contributed by atoms with Gasteiger partial charge in [0, 0.05) is 33.9 Å². The van der Waals surface area contributed by atoms with Crippen LogP contribution in [0.15, 0.2) is 146 Å². The van der Waals surface area contributed by atoms with E-state index in [1.165, 1.54) is 55.5 Å². The number of hydrogen-bond acceptors (Lipinski definition) is 2. The fourth-order valence-electron chi connectivity index (χ4n) is 10.5. The zero-order valence-electron chi connectivity index (χ0n) is 38.9. The van der Waals surface area contributed by atoms with Crippen molar-refractivity contribution in [2.45, 2.75) is 67.7 Å². The van der Waals surface area contributed by atoms with E-state index in [1.54, 1.807) is 0 Å². The molecule has 0 N–H and O–H groups in total. The van der Waals surface area contributed by atoms with E-state index in [0.29, 0.717) is 0 Å². The summed E-state index contributed by atoms with van der Waals surface area (Å²) in [5.74, 6) is 0.880. The molecular formula is C60H51N5Pt. The Morgan fingerprint density at radius 3 is 1.61 bits per heavy atom. The predicted octanol–water partition coefficient (Wildman–Crippen LogP) is 15.2. The van der Waals surface area contributed by atoms with Crippen LogP contribution in [0.1, 0.15) is 59.7 Å². The van der Waals surface area contributed by atoms with Gasteiger partial charge in [-0.05, 0) is 121 Å². The number of benzene rings is 7. The van der Waals surface area contributed by atoms with Gasteiger partial charge in [0.1, 0.15) is 11.5 Å². The second-order valence-corrected chi connectivity index (χ2v) is 19.0. The summed E-state index contributed by atoms with van der Waals surface area (Å²) in [6.45, 7) is 20.0. The molecule has 7 aromatic carbocycles. The first-order valence-corrected chi connectivity index (χ1v) is 22.6. The maximum Gasteiger partial charge on any atom is 2.00 e. The Kier molecular flexibility index (Phi) is 10.6. The van der Waals surface area contributed by atoms with Gasteiger partial charge >= 0.3 is 21.1 Å². The van der Waals surface area contributed by atoms with Crippen molar-refractivity contribution in [2.24, 2.45) is 0 Å². The summed E-state index contributed by atoms with van der Waals surface area (Å²) in [4.78, 5) is 4.97. The second kappa shape index (κ2) is 16.3. The van der Waals surface area contributed by atoms with Gasteiger partial charge in [-0.25, -0.2) is 4.98 Å². The molecule has 66 heavy (non-hydrogen) atoms. The molecule has 4 heterocycles. The van der Waals surface area contributed by atoms with E-state index in [-0.39, 0.29) is 26.5 Å². The van der Waals surface area contributed by atoms with Gasteiger partial charge in [0.05, 0.1) is 5.69 Å². The van der Waals surface area contributed by atoms with E-state index in [2.05, 4.69) is 228 Å². The minimum atomic E-state index is -0.0342. The van der Waals surface area contributed by atoms with Crippen molar-refractivity contribution in [3.8, 4) is 50.8 Å². The van der Waals surface area contributed by atoms with Gasteiger partial charge in [-0.15, -0.1) is 35.0 Å². The Hall–Kier alpha value is -6.81.